The number of hydrogen-bond acceptors (Lipinski definition) is 9. The Kier molecular flexibility index (Phi) is 7.62. The van der Waals surface area contributed by atoms with Crippen molar-refractivity contribution in [3.63, 3.8) is 0 Å². The molecule has 0 aliphatic heterocycles. The van der Waals surface area contributed by atoms with Crippen LogP contribution < -0.4 is 5.32 Å². The van der Waals surface area contributed by atoms with Crippen molar-refractivity contribution in [3.05, 3.63) is 12.2 Å². The highest BCUT2D eigenvalue weighted by atomic mass is 32.2. The van der Waals surface area contributed by atoms with Crippen molar-refractivity contribution in [1.82, 2.24) is 25.0 Å². The Morgan fingerprint density at radius 1 is 1.27 bits per heavy atom. The van der Waals surface area contributed by atoms with Crippen molar-refractivity contribution in [2.24, 2.45) is 5.92 Å². The van der Waals surface area contributed by atoms with Crippen LogP contribution in [0.15, 0.2) is 17.3 Å². The van der Waals surface area contributed by atoms with E-state index >= 15 is 0 Å². The topological polar surface area (TPSA) is 146 Å². The van der Waals surface area contributed by atoms with Crippen molar-refractivity contribution in [3.8, 4) is 0 Å². The third kappa shape index (κ3) is 4.90. The molecule has 1 aliphatic carbocycles. The highest BCUT2D eigenvalue weighted by Gasteiger charge is 2.43. The number of nitrogens with one attached hydrogen (secondary N) is 1. The Morgan fingerprint density at radius 2 is 2.07 bits per heavy atom. The summed E-state index contributed by atoms with van der Waals surface area (Å²) in [5.74, 6) is -0.112. The standard InChI is InChI=1S/C19H28N6O4S/c1-3-5-6-9-30-19-21-17(20-4-2)14-18(22-19)25(24-23-14)12-10-11(7-8-13(26)27)15(28)16(12)29/h7-8,11-12,15-16,28-29H,3-6,9-10H2,1-2H3,(H,26,27)(H,20,21,22). The first kappa shape index (κ1) is 22.4. The van der Waals surface area contributed by atoms with E-state index in [2.05, 4.69) is 32.5 Å². The monoisotopic (exact) mass is 436 g/mol. The van der Waals surface area contributed by atoms with Crippen molar-refractivity contribution in [2.45, 2.75) is 62.9 Å². The summed E-state index contributed by atoms with van der Waals surface area (Å²) in [6, 6.07) is -0.573. The third-order valence-corrected chi connectivity index (χ3v) is 6.06. The van der Waals surface area contributed by atoms with E-state index in [1.54, 1.807) is 11.8 Å². The van der Waals surface area contributed by atoms with Gasteiger partial charge in [0.25, 0.3) is 0 Å². The van der Waals surface area contributed by atoms with Gasteiger partial charge in [0.2, 0.25) is 0 Å². The van der Waals surface area contributed by atoms with Crippen LogP contribution in [0.3, 0.4) is 0 Å². The lowest BCUT2D eigenvalue weighted by Crippen LogP contribution is -2.29. The highest BCUT2D eigenvalue weighted by molar-refractivity contribution is 7.99. The lowest BCUT2D eigenvalue weighted by atomic mass is 10.1. The number of carboxylic acids is 1. The molecule has 1 aliphatic rings. The number of rotatable bonds is 10. The Labute approximate surface area is 178 Å². The molecule has 0 bridgehead atoms. The predicted octanol–water partition coefficient (Wildman–Crippen LogP) is 1.86. The fraction of sp³-hybridized carbons (Fsp3) is 0.632. The maximum absolute atomic E-state index is 10.8. The van der Waals surface area contributed by atoms with Gasteiger partial charge in [0.1, 0.15) is 6.10 Å². The van der Waals surface area contributed by atoms with Crippen LogP contribution in [0.25, 0.3) is 11.2 Å². The number of nitrogens with zero attached hydrogens (tertiary/aromatic N) is 5. The molecule has 30 heavy (non-hydrogen) atoms. The minimum atomic E-state index is -1.11. The van der Waals surface area contributed by atoms with E-state index in [1.165, 1.54) is 10.8 Å². The molecule has 11 heteroatoms. The quantitative estimate of drug-likeness (QED) is 0.188. The predicted molar refractivity (Wildman–Crippen MR) is 113 cm³/mol. The molecule has 3 rings (SSSR count). The SMILES string of the molecule is CCCCCSc1nc(NCC)c2nnn(C3CC(C=CC(=O)O)C(O)C3O)c2n1. The van der Waals surface area contributed by atoms with Crippen LogP contribution in [0.2, 0.25) is 0 Å². The van der Waals surface area contributed by atoms with Crippen LogP contribution in [0.5, 0.6) is 0 Å². The van der Waals surface area contributed by atoms with E-state index in [0.717, 1.165) is 31.1 Å². The minimum absolute atomic E-state index is 0.324. The highest BCUT2D eigenvalue weighted by Crippen LogP contribution is 2.37. The fourth-order valence-electron chi connectivity index (χ4n) is 3.59. The number of thioether (sulfide) groups is 1. The second kappa shape index (κ2) is 10.2. The van der Waals surface area contributed by atoms with Gasteiger partial charge in [-0.3, -0.25) is 0 Å². The Morgan fingerprint density at radius 3 is 2.77 bits per heavy atom. The van der Waals surface area contributed by atoms with Crippen molar-refractivity contribution >= 4 is 34.7 Å². The smallest absolute Gasteiger partial charge is 0.327 e. The summed E-state index contributed by atoms with van der Waals surface area (Å²) in [7, 11) is 0. The summed E-state index contributed by atoms with van der Waals surface area (Å²) in [5, 5.41) is 42.0. The molecular formula is C19H28N6O4S. The first-order valence-corrected chi connectivity index (χ1v) is 11.2. The molecule has 1 fully saturated rings. The summed E-state index contributed by atoms with van der Waals surface area (Å²) in [6.07, 6.45) is 3.86. The maximum Gasteiger partial charge on any atom is 0.327 e. The Bertz CT molecular complexity index is 905. The zero-order valence-corrected chi connectivity index (χ0v) is 17.9. The summed E-state index contributed by atoms with van der Waals surface area (Å²) in [4.78, 5) is 20.0. The molecule has 0 amide bonds. The van der Waals surface area contributed by atoms with E-state index in [4.69, 9.17) is 5.11 Å². The van der Waals surface area contributed by atoms with E-state index < -0.39 is 30.1 Å². The number of carboxylic acid groups (broad SMARTS) is 1. The van der Waals surface area contributed by atoms with Crippen molar-refractivity contribution in [2.75, 3.05) is 17.6 Å². The number of hydrogen-bond donors (Lipinski definition) is 4. The first-order chi connectivity index (χ1) is 14.5. The molecule has 0 radical (unpaired) electrons. The van der Waals surface area contributed by atoms with Crippen LogP contribution in [-0.4, -0.2) is 70.8 Å². The number of aliphatic carboxylic acids is 1. The Hall–Kier alpha value is -2.24. The van der Waals surface area contributed by atoms with Crippen molar-refractivity contribution < 1.29 is 20.1 Å². The van der Waals surface area contributed by atoms with Gasteiger partial charge >= 0.3 is 5.97 Å². The van der Waals surface area contributed by atoms with Gasteiger partial charge in [-0.25, -0.2) is 19.4 Å². The first-order valence-electron chi connectivity index (χ1n) is 10.2. The molecule has 0 spiro atoms. The zero-order chi connectivity index (χ0) is 21.7. The summed E-state index contributed by atoms with van der Waals surface area (Å²) in [6.45, 7) is 4.77. The summed E-state index contributed by atoms with van der Waals surface area (Å²) < 4.78 is 1.52. The van der Waals surface area contributed by atoms with Crippen LogP contribution in [0, 0.1) is 5.92 Å². The van der Waals surface area contributed by atoms with Gasteiger partial charge in [-0.05, 0) is 19.8 Å². The van der Waals surface area contributed by atoms with Crippen LogP contribution >= 0.6 is 11.8 Å². The maximum atomic E-state index is 10.8. The molecule has 0 aromatic carbocycles. The van der Waals surface area contributed by atoms with Crippen LogP contribution in [-0.2, 0) is 4.79 Å². The average Bonchev–Trinajstić information content (AvgIpc) is 3.26. The molecule has 164 valence electrons. The molecule has 4 atom stereocenters. The lowest BCUT2D eigenvalue weighted by molar-refractivity contribution is -0.131. The second-order valence-electron chi connectivity index (χ2n) is 7.29. The van der Waals surface area contributed by atoms with Gasteiger partial charge in [0, 0.05) is 24.3 Å². The van der Waals surface area contributed by atoms with Gasteiger partial charge in [0.05, 0.1) is 12.1 Å². The van der Waals surface area contributed by atoms with Crippen LogP contribution in [0.4, 0.5) is 5.82 Å². The molecule has 2 heterocycles. The molecule has 10 nitrogen and oxygen atoms in total. The van der Waals surface area contributed by atoms with Crippen LogP contribution in [0.1, 0.15) is 45.6 Å². The van der Waals surface area contributed by atoms with Gasteiger partial charge in [-0.2, -0.15) is 0 Å². The molecule has 1 saturated carbocycles. The normalized spacial score (nSPS) is 24.1. The molecule has 4 unspecified atom stereocenters. The van der Waals surface area contributed by atoms with E-state index in [0.29, 0.717) is 35.1 Å². The molecular weight excluding hydrogens is 408 g/mol. The lowest BCUT2D eigenvalue weighted by Gasteiger charge is -2.16. The van der Waals surface area contributed by atoms with Gasteiger partial charge < -0.3 is 20.6 Å². The number of aromatic nitrogens is 5. The van der Waals surface area contributed by atoms with Crippen molar-refractivity contribution in [1.29, 1.82) is 0 Å². The van der Waals surface area contributed by atoms with Gasteiger partial charge in [0.15, 0.2) is 22.1 Å². The van der Waals surface area contributed by atoms with Gasteiger partial charge in [-0.1, -0.05) is 42.8 Å². The zero-order valence-electron chi connectivity index (χ0n) is 17.1. The fourth-order valence-corrected chi connectivity index (χ4v) is 4.42. The molecule has 2 aromatic rings. The van der Waals surface area contributed by atoms with E-state index in [-0.39, 0.29) is 0 Å². The number of anilines is 1. The summed E-state index contributed by atoms with van der Waals surface area (Å²) in [5.41, 5.74) is 0.985. The average molecular weight is 437 g/mol. The Balaban J connectivity index is 1.91. The molecule has 2 aromatic heterocycles. The molecule has 0 saturated heterocycles. The third-order valence-electron chi connectivity index (χ3n) is 5.12. The van der Waals surface area contributed by atoms with E-state index in [1.807, 2.05) is 6.92 Å². The number of unbranched alkanes of at least 4 members (excludes halogenated alkanes) is 2. The number of fused-ring (bicyclic) bond motifs is 1. The summed E-state index contributed by atoms with van der Waals surface area (Å²) >= 11 is 1.56. The minimum Gasteiger partial charge on any atom is -0.478 e. The second-order valence-corrected chi connectivity index (χ2v) is 8.35. The number of aliphatic hydroxyl groups excluding tert-OH is 2. The van der Waals surface area contributed by atoms with Gasteiger partial charge in [-0.15, -0.1) is 5.10 Å². The molecule has 4 N–H and O–H groups in total. The number of carbonyl (C=O) groups is 1. The van der Waals surface area contributed by atoms with E-state index in [9.17, 15) is 15.0 Å². The number of aliphatic hydroxyl groups is 2. The largest absolute Gasteiger partial charge is 0.478 e.